The number of nitrogens with zero attached hydrogens (tertiary/aromatic N) is 4. The van der Waals surface area contributed by atoms with E-state index in [1.165, 1.54) is 24.2 Å². The number of unbranched alkanes of at least 4 members (excludes halogenated alkanes) is 1. The fourth-order valence-corrected chi connectivity index (χ4v) is 2.12. The molecule has 0 spiro atoms. The van der Waals surface area contributed by atoms with Gasteiger partial charge in [0.15, 0.2) is 5.69 Å². The molecule has 1 heterocycles. The van der Waals surface area contributed by atoms with Gasteiger partial charge in [-0.3, -0.25) is 4.79 Å². The number of carbonyl (C=O) groups excluding carboxylic acids is 1. The minimum atomic E-state index is 0.0444. The molecule has 0 fully saturated rings. The molecule has 96 valence electrons. The van der Waals surface area contributed by atoms with Crippen LogP contribution in [0.1, 0.15) is 25.5 Å². The van der Waals surface area contributed by atoms with Gasteiger partial charge in [0, 0.05) is 26.0 Å². The van der Waals surface area contributed by atoms with Gasteiger partial charge in [0.2, 0.25) is 5.91 Å². The average molecular weight is 264 g/mol. The summed E-state index contributed by atoms with van der Waals surface area (Å²) in [5, 5.41) is 9.36. The molecule has 0 unspecified atom stereocenters. The van der Waals surface area contributed by atoms with E-state index in [1.807, 2.05) is 6.07 Å². The molecule has 0 radical (unpaired) electrons. The second-order valence-corrected chi connectivity index (χ2v) is 4.74. The van der Waals surface area contributed by atoms with E-state index in [0.717, 1.165) is 19.4 Å². The van der Waals surface area contributed by atoms with Crippen molar-refractivity contribution in [1.82, 2.24) is 14.9 Å². The molecule has 1 aromatic rings. The van der Waals surface area contributed by atoms with Crippen LogP contribution in [-0.2, 0) is 4.79 Å². The molecular weight excluding hydrogens is 248 g/mol. The second kappa shape index (κ2) is 7.67. The Hall–Kier alpha value is -1.61. The highest BCUT2D eigenvalue weighted by molar-refractivity contribution is 7.99. The Kier molecular flexibility index (Phi) is 6.15. The summed E-state index contributed by atoms with van der Waals surface area (Å²) in [6.45, 7) is 2.85. The van der Waals surface area contributed by atoms with Gasteiger partial charge in [-0.25, -0.2) is 9.97 Å². The van der Waals surface area contributed by atoms with Gasteiger partial charge in [0.05, 0.1) is 5.75 Å². The highest BCUT2D eigenvalue weighted by Gasteiger charge is 2.11. The third kappa shape index (κ3) is 4.34. The Labute approximate surface area is 111 Å². The molecule has 1 amide bonds. The van der Waals surface area contributed by atoms with Crippen molar-refractivity contribution < 1.29 is 4.79 Å². The highest BCUT2D eigenvalue weighted by atomic mass is 32.2. The molecule has 0 N–H and O–H groups in total. The predicted molar refractivity (Wildman–Crippen MR) is 70.0 cm³/mol. The summed E-state index contributed by atoms with van der Waals surface area (Å²) >= 11 is 1.25. The maximum atomic E-state index is 11.8. The third-order valence-corrected chi connectivity index (χ3v) is 3.34. The third-order valence-electron chi connectivity index (χ3n) is 2.38. The lowest BCUT2D eigenvalue weighted by molar-refractivity contribution is -0.127. The molecule has 0 aliphatic carbocycles. The highest BCUT2D eigenvalue weighted by Crippen LogP contribution is 2.17. The summed E-state index contributed by atoms with van der Waals surface area (Å²) in [5.74, 6) is 0.330. The molecule has 0 saturated heterocycles. The summed E-state index contributed by atoms with van der Waals surface area (Å²) in [6.07, 6.45) is 5.06. The normalized spacial score (nSPS) is 9.83. The zero-order valence-electron chi connectivity index (χ0n) is 10.6. The van der Waals surface area contributed by atoms with Gasteiger partial charge in [0.25, 0.3) is 0 Å². The Balaban J connectivity index is 2.50. The Morgan fingerprint density at radius 2 is 2.22 bits per heavy atom. The van der Waals surface area contributed by atoms with E-state index in [-0.39, 0.29) is 17.4 Å². The van der Waals surface area contributed by atoms with Gasteiger partial charge < -0.3 is 4.90 Å². The van der Waals surface area contributed by atoms with Gasteiger partial charge in [-0.2, -0.15) is 5.26 Å². The van der Waals surface area contributed by atoms with E-state index >= 15 is 0 Å². The largest absolute Gasteiger partial charge is 0.345 e. The first-order valence-electron chi connectivity index (χ1n) is 5.77. The number of nitriles is 1. The molecule has 0 saturated carbocycles. The first-order valence-corrected chi connectivity index (χ1v) is 6.75. The van der Waals surface area contributed by atoms with Crippen LogP contribution in [0, 0.1) is 11.3 Å². The van der Waals surface area contributed by atoms with Crippen molar-refractivity contribution in [2.45, 2.75) is 24.8 Å². The summed E-state index contributed by atoms with van der Waals surface area (Å²) in [5.41, 5.74) is 0.270. The molecule has 0 bridgehead atoms. The topological polar surface area (TPSA) is 69.9 Å². The monoisotopic (exact) mass is 264 g/mol. The number of hydrogen-bond donors (Lipinski definition) is 0. The van der Waals surface area contributed by atoms with E-state index in [0.29, 0.717) is 5.03 Å². The van der Waals surface area contributed by atoms with Crippen LogP contribution in [0.4, 0.5) is 0 Å². The van der Waals surface area contributed by atoms with Crippen molar-refractivity contribution >= 4 is 17.7 Å². The van der Waals surface area contributed by atoms with Crippen molar-refractivity contribution in [3.05, 3.63) is 18.1 Å². The maximum Gasteiger partial charge on any atom is 0.232 e. The first-order chi connectivity index (χ1) is 8.69. The quantitative estimate of drug-likeness (QED) is 0.731. The van der Waals surface area contributed by atoms with E-state index < -0.39 is 0 Å². The summed E-state index contributed by atoms with van der Waals surface area (Å²) in [4.78, 5) is 21.5. The van der Waals surface area contributed by atoms with Crippen LogP contribution < -0.4 is 0 Å². The van der Waals surface area contributed by atoms with Gasteiger partial charge in [-0.05, 0) is 6.42 Å². The number of amides is 1. The maximum absolute atomic E-state index is 11.8. The summed E-state index contributed by atoms with van der Waals surface area (Å²) in [7, 11) is 1.79. The van der Waals surface area contributed by atoms with Crippen LogP contribution in [0.3, 0.4) is 0 Å². The van der Waals surface area contributed by atoms with Crippen LogP contribution in [0.5, 0.6) is 0 Å². The van der Waals surface area contributed by atoms with Crippen molar-refractivity contribution in [1.29, 1.82) is 5.26 Å². The Morgan fingerprint density at radius 1 is 1.50 bits per heavy atom. The van der Waals surface area contributed by atoms with Crippen molar-refractivity contribution in [3.63, 3.8) is 0 Å². The van der Waals surface area contributed by atoms with Crippen LogP contribution in [0.15, 0.2) is 17.4 Å². The smallest absolute Gasteiger partial charge is 0.232 e. The van der Waals surface area contributed by atoms with Crippen molar-refractivity contribution in [2.75, 3.05) is 19.3 Å². The van der Waals surface area contributed by atoms with E-state index in [1.54, 1.807) is 11.9 Å². The van der Waals surface area contributed by atoms with Gasteiger partial charge in [-0.15, -0.1) is 0 Å². The minimum Gasteiger partial charge on any atom is -0.345 e. The molecule has 1 aromatic heterocycles. The lowest BCUT2D eigenvalue weighted by Crippen LogP contribution is -2.29. The number of aromatic nitrogens is 2. The number of rotatable bonds is 6. The molecule has 0 aromatic carbocycles. The fourth-order valence-electron chi connectivity index (χ4n) is 1.27. The zero-order valence-corrected chi connectivity index (χ0v) is 11.4. The number of hydrogen-bond acceptors (Lipinski definition) is 5. The molecule has 0 aliphatic rings. The van der Waals surface area contributed by atoms with Crippen molar-refractivity contribution in [2.24, 2.45) is 0 Å². The van der Waals surface area contributed by atoms with E-state index in [4.69, 9.17) is 5.26 Å². The van der Waals surface area contributed by atoms with Crippen LogP contribution in [0.2, 0.25) is 0 Å². The molecule has 5 nitrogen and oxygen atoms in total. The molecule has 18 heavy (non-hydrogen) atoms. The lowest BCUT2D eigenvalue weighted by Gasteiger charge is -2.16. The van der Waals surface area contributed by atoms with Gasteiger partial charge in [0.1, 0.15) is 11.1 Å². The molecule has 0 aliphatic heterocycles. The average Bonchev–Trinajstić information content (AvgIpc) is 2.42. The Morgan fingerprint density at radius 3 is 2.89 bits per heavy atom. The first kappa shape index (κ1) is 14.5. The zero-order chi connectivity index (χ0) is 13.4. The molecule has 6 heteroatoms. The van der Waals surface area contributed by atoms with Gasteiger partial charge in [-0.1, -0.05) is 25.1 Å². The molecular formula is C12H16N4OS. The minimum absolute atomic E-state index is 0.0444. The Bertz CT molecular complexity index is 444. The van der Waals surface area contributed by atoms with Crippen LogP contribution in [0.25, 0.3) is 0 Å². The number of thioether (sulfide) groups is 1. The number of carbonyl (C=O) groups is 1. The molecule has 1 rings (SSSR count). The lowest BCUT2D eigenvalue weighted by atomic mass is 10.3. The van der Waals surface area contributed by atoms with Crippen molar-refractivity contribution in [3.8, 4) is 6.07 Å². The predicted octanol–water partition coefficient (Wildman–Crippen LogP) is 1.70. The van der Waals surface area contributed by atoms with Crippen LogP contribution in [-0.4, -0.2) is 40.1 Å². The van der Waals surface area contributed by atoms with Gasteiger partial charge >= 0.3 is 0 Å². The van der Waals surface area contributed by atoms with E-state index in [2.05, 4.69) is 16.9 Å². The summed E-state index contributed by atoms with van der Waals surface area (Å²) in [6, 6.07) is 1.96. The molecule has 0 atom stereocenters. The second-order valence-electron chi connectivity index (χ2n) is 3.78. The van der Waals surface area contributed by atoms with Crippen LogP contribution >= 0.6 is 11.8 Å². The van der Waals surface area contributed by atoms with E-state index in [9.17, 15) is 4.79 Å². The fraction of sp³-hybridized carbons (Fsp3) is 0.500. The SMILES string of the molecule is CCCCN(C)C(=O)CSc1nccnc1C#N. The standard InChI is InChI=1S/C12H16N4OS/c1-3-4-7-16(2)11(17)9-18-12-10(8-13)14-5-6-15-12/h5-6H,3-4,7,9H2,1-2H3. The summed E-state index contributed by atoms with van der Waals surface area (Å²) < 4.78 is 0.